The first-order chi connectivity index (χ1) is 11.1. The predicted molar refractivity (Wildman–Crippen MR) is 84.3 cm³/mol. The van der Waals surface area contributed by atoms with Crippen molar-refractivity contribution in [2.75, 3.05) is 33.5 Å². The van der Waals surface area contributed by atoms with Gasteiger partial charge in [-0.05, 0) is 24.6 Å². The number of nitrogens with one attached hydrogen (secondary N) is 3. The zero-order valence-corrected chi connectivity index (χ0v) is 13.6. The van der Waals surface area contributed by atoms with E-state index in [0.717, 1.165) is 28.4 Å². The van der Waals surface area contributed by atoms with Crippen molar-refractivity contribution in [3.05, 3.63) is 23.8 Å². The Hall–Kier alpha value is -2.28. The molecule has 0 saturated heterocycles. The van der Waals surface area contributed by atoms with Gasteiger partial charge in [0, 0.05) is 12.1 Å². The number of hydrogen-bond donors (Lipinski definition) is 3. The first kappa shape index (κ1) is 17.1. The molecule has 1 aliphatic rings. The lowest BCUT2D eigenvalue weighted by Gasteiger charge is -2.14. The molecule has 1 aliphatic heterocycles. The topological polar surface area (TPSA) is 81.1 Å². The molecular formula is C16H24N3O4+. The third-order valence-electron chi connectivity index (χ3n) is 3.42. The van der Waals surface area contributed by atoms with Crippen molar-refractivity contribution in [1.82, 2.24) is 10.6 Å². The summed E-state index contributed by atoms with van der Waals surface area (Å²) in [5, 5.41) is 5.35. The Balaban J connectivity index is 1.72. The van der Waals surface area contributed by atoms with Crippen LogP contribution in [0.3, 0.4) is 0 Å². The molecule has 1 heterocycles. The van der Waals surface area contributed by atoms with Gasteiger partial charge in [-0.15, -0.1) is 0 Å². The molecule has 1 aromatic carbocycles. The molecular weight excluding hydrogens is 298 g/mol. The maximum absolute atomic E-state index is 11.9. The van der Waals surface area contributed by atoms with Gasteiger partial charge in [0.25, 0.3) is 5.91 Å². The smallest absolute Gasteiger partial charge is 0.275 e. The molecule has 7 nitrogen and oxygen atoms in total. The molecule has 0 bridgehead atoms. The first-order valence-electron chi connectivity index (χ1n) is 7.81. The number of benzene rings is 1. The lowest BCUT2D eigenvalue weighted by Crippen LogP contribution is -3.08. The number of quaternary nitrogens is 1. The fourth-order valence-electron chi connectivity index (χ4n) is 2.30. The van der Waals surface area contributed by atoms with Crippen LogP contribution in [-0.4, -0.2) is 45.3 Å². The molecule has 0 aliphatic carbocycles. The standard InChI is InChI=1S/C16H23N3O4/c1-3-6-17-15(20)8-18-16(21)10-19(2)9-12-4-5-13-14(7-12)23-11-22-13/h4-5,7H,3,6,8-11H2,1-2H3,(H,17,20)(H,18,21)/p+1. The molecule has 1 unspecified atom stereocenters. The number of carbonyl (C=O) groups excluding carboxylic acids is 2. The summed E-state index contributed by atoms with van der Waals surface area (Å²) in [6.07, 6.45) is 0.877. The normalized spacial score (nSPS) is 13.5. The number of carbonyl (C=O) groups is 2. The van der Waals surface area contributed by atoms with Crippen molar-refractivity contribution in [3.63, 3.8) is 0 Å². The van der Waals surface area contributed by atoms with Gasteiger partial charge in [-0.25, -0.2) is 0 Å². The Morgan fingerprint density at radius 3 is 2.74 bits per heavy atom. The third-order valence-corrected chi connectivity index (χ3v) is 3.42. The Labute approximate surface area is 135 Å². The molecule has 0 fully saturated rings. The van der Waals surface area contributed by atoms with Crippen molar-refractivity contribution >= 4 is 11.8 Å². The molecule has 126 valence electrons. The van der Waals surface area contributed by atoms with Crippen LogP contribution in [0, 0.1) is 0 Å². The Kier molecular flexibility index (Phi) is 6.22. The van der Waals surface area contributed by atoms with Gasteiger partial charge in [0.1, 0.15) is 6.54 Å². The monoisotopic (exact) mass is 322 g/mol. The minimum Gasteiger partial charge on any atom is -0.454 e. The van der Waals surface area contributed by atoms with E-state index in [1.807, 2.05) is 32.2 Å². The number of hydrogen-bond acceptors (Lipinski definition) is 4. The van der Waals surface area contributed by atoms with E-state index in [4.69, 9.17) is 9.47 Å². The molecule has 1 atom stereocenters. The maximum atomic E-state index is 11.9. The Bertz CT molecular complexity index is 562. The second kappa shape index (κ2) is 8.38. The van der Waals surface area contributed by atoms with Gasteiger partial charge in [0.2, 0.25) is 12.7 Å². The first-order valence-corrected chi connectivity index (χ1v) is 7.81. The van der Waals surface area contributed by atoms with Crippen LogP contribution in [0.25, 0.3) is 0 Å². The highest BCUT2D eigenvalue weighted by atomic mass is 16.7. The van der Waals surface area contributed by atoms with Gasteiger partial charge in [-0.3, -0.25) is 9.59 Å². The van der Waals surface area contributed by atoms with Crippen LogP contribution in [0.2, 0.25) is 0 Å². The third kappa shape index (κ3) is 5.45. The molecule has 0 saturated carbocycles. The van der Waals surface area contributed by atoms with Crippen LogP contribution in [0.15, 0.2) is 18.2 Å². The molecule has 23 heavy (non-hydrogen) atoms. The summed E-state index contributed by atoms with van der Waals surface area (Å²) < 4.78 is 10.6. The summed E-state index contributed by atoms with van der Waals surface area (Å²) in [5.74, 6) is 1.19. The Morgan fingerprint density at radius 2 is 1.96 bits per heavy atom. The molecule has 0 aromatic heterocycles. The van der Waals surface area contributed by atoms with Crippen molar-refractivity contribution in [2.24, 2.45) is 0 Å². The second-order valence-electron chi connectivity index (χ2n) is 5.62. The average molecular weight is 322 g/mol. The van der Waals surface area contributed by atoms with Crippen LogP contribution >= 0.6 is 0 Å². The minimum absolute atomic E-state index is 0.0239. The predicted octanol–water partition coefficient (Wildman–Crippen LogP) is -0.928. The van der Waals surface area contributed by atoms with Crippen LogP contribution in [0.1, 0.15) is 18.9 Å². The highest BCUT2D eigenvalue weighted by molar-refractivity contribution is 5.84. The highest BCUT2D eigenvalue weighted by Crippen LogP contribution is 2.32. The van der Waals surface area contributed by atoms with Crippen molar-refractivity contribution in [3.8, 4) is 11.5 Å². The summed E-state index contributed by atoms with van der Waals surface area (Å²) >= 11 is 0. The zero-order chi connectivity index (χ0) is 16.7. The SMILES string of the molecule is CCCNC(=O)CNC(=O)C[NH+](C)Cc1ccc2c(c1)OCO2. The largest absolute Gasteiger partial charge is 0.454 e. The number of fused-ring (bicyclic) bond motifs is 1. The van der Waals surface area contributed by atoms with Crippen LogP contribution < -0.4 is 25.0 Å². The summed E-state index contributed by atoms with van der Waals surface area (Å²) in [4.78, 5) is 24.3. The molecule has 2 amide bonds. The van der Waals surface area contributed by atoms with Crippen molar-refractivity contribution < 1.29 is 24.0 Å². The van der Waals surface area contributed by atoms with E-state index in [1.165, 1.54) is 0 Å². The van der Waals surface area contributed by atoms with E-state index in [2.05, 4.69) is 10.6 Å². The number of ether oxygens (including phenoxy) is 2. The average Bonchev–Trinajstić information content (AvgIpc) is 2.98. The van der Waals surface area contributed by atoms with E-state index < -0.39 is 0 Å². The second-order valence-corrected chi connectivity index (χ2v) is 5.62. The summed E-state index contributed by atoms with van der Waals surface area (Å²) in [6.45, 7) is 3.87. The van der Waals surface area contributed by atoms with Gasteiger partial charge in [-0.1, -0.05) is 6.92 Å². The molecule has 3 N–H and O–H groups in total. The summed E-state index contributed by atoms with van der Waals surface area (Å²) in [7, 11) is 1.93. The van der Waals surface area contributed by atoms with Gasteiger partial charge in [0.05, 0.1) is 13.6 Å². The number of likely N-dealkylation sites (N-methyl/N-ethyl adjacent to an activating group) is 1. The fraction of sp³-hybridized carbons (Fsp3) is 0.500. The lowest BCUT2D eigenvalue weighted by molar-refractivity contribution is -0.885. The highest BCUT2D eigenvalue weighted by Gasteiger charge is 2.16. The molecule has 0 spiro atoms. The lowest BCUT2D eigenvalue weighted by atomic mass is 10.2. The van der Waals surface area contributed by atoms with E-state index in [9.17, 15) is 9.59 Å². The van der Waals surface area contributed by atoms with E-state index in [-0.39, 0.29) is 25.2 Å². The molecule has 1 aromatic rings. The minimum atomic E-state index is -0.159. The van der Waals surface area contributed by atoms with Crippen LogP contribution in [0.4, 0.5) is 0 Å². The maximum Gasteiger partial charge on any atom is 0.275 e. The van der Waals surface area contributed by atoms with Crippen LogP contribution in [-0.2, 0) is 16.1 Å². The number of rotatable bonds is 8. The van der Waals surface area contributed by atoms with Crippen LogP contribution in [0.5, 0.6) is 11.5 Å². The van der Waals surface area contributed by atoms with Gasteiger partial charge in [-0.2, -0.15) is 0 Å². The van der Waals surface area contributed by atoms with Gasteiger partial charge >= 0.3 is 0 Å². The van der Waals surface area contributed by atoms with Crippen molar-refractivity contribution in [2.45, 2.75) is 19.9 Å². The fourth-order valence-corrected chi connectivity index (χ4v) is 2.30. The van der Waals surface area contributed by atoms with E-state index in [1.54, 1.807) is 0 Å². The molecule has 7 heteroatoms. The van der Waals surface area contributed by atoms with E-state index >= 15 is 0 Å². The summed E-state index contributed by atoms with van der Waals surface area (Å²) in [6, 6.07) is 5.78. The quantitative estimate of drug-likeness (QED) is 0.578. The van der Waals surface area contributed by atoms with E-state index in [0.29, 0.717) is 19.6 Å². The van der Waals surface area contributed by atoms with Gasteiger partial charge in [0.15, 0.2) is 18.0 Å². The number of amides is 2. The van der Waals surface area contributed by atoms with Crippen molar-refractivity contribution in [1.29, 1.82) is 0 Å². The van der Waals surface area contributed by atoms with Gasteiger partial charge < -0.3 is 25.0 Å². The Morgan fingerprint density at radius 1 is 1.17 bits per heavy atom. The summed E-state index contributed by atoms with van der Waals surface area (Å²) in [5.41, 5.74) is 1.07. The molecule has 0 radical (unpaired) electrons. The zero-order valence-electron chi connectivity index (χ0n) is 13.6. The molecule has 2 rings (SSSR count).